The van der Waals surface area contributed by atoms with Crippen LogP contribution in [0.5, 0.6) is 0 Å². The maximum atomic E-state index is 12.2. The number of carbonyl (C=O) groups excluding carboxylic acids is 2. The van der Waals surface area contributed by atoms with E-state index in [2.05, 4.69) is 21.0 Å². The highest BCUT2D eigenvalue weighted by Crippen LogP contribution is 2.22. The van der Waals surface area contributed by atoms with Crippen LogP contribution in [-0.2, 0) is 18.4 Å². The lowest BCUT2D eigenvalue weighted by Crippen LogP contribution is -2.45. The topological polar surface area (TPSA) is 137 Å². The third-order valence-electron chi connectivity index (χ3n) is 3.72. The van der Waals surface area contributed by atoms with Crippen LogP contribution in [0.4, 0.5) is 5.69 Å². The Bertz CT molecular complexity index is 873. The molecule has 26 heavy (non-hydrogen) atoms. The van der Waals surface area contributed by atoms with Crippen molar-refractivity contribution in [1.82, 2.24) is 30.4 Å². The predicted molar refractivity (Wildman–Crippen MR) is 99.1 cm³/mol. The second-order valence-corrected chi connectivity index (χ2v) is 6.96. The second kappa shape index (κ2) is 7.80. The first-order chi connectivity index (χ1) is 12.1. The van der Waals surface area contributed by atoms with Crippen molar-refractivity contribution in [3.05, 3.63) is 37.0 Å². The molecule has 0 bridgehead atoms. The molecule has 0 unspecified atom stereocenters. The third-order valence-corrected chi connectivity index (χ3v) is 4.51. The van der Waals surface area contributed by atoms with E-state index in [0.29, 0.717) is 9.26 Å². The largest absolute Gasteiger partial charge is 0.312 e. The van der Waals surface area contributed by atoms with Gasteiger partial charge in [-0.15, -0.1) is 0 Å². The first kappa shape index (κ1) is 19.8. The first-order valence-corrected chi connectivity index (χ1v) is 8.67. The lowest BCUT2D eigenvalue weighted by molar-refractivity contribution is -0.386. The molecule has 0 aromatic carbocycles. The predicted octanol–water partition coefficient (Wildman–Crippen LogP) is 0.844. The number of nitrogens with one attached hydrogen (secondary N) is 2. The van der Waals surface area contributed by atoms with Crippen LogP contribution in [0.2, 0.25) is 0 Å². The van der Waals surface area contributed by atoms with Crippen molar-refractivity contribution < 1.29 is 14.5 Å². The van der Waals surface area contributed by atoms with Crippen molar-refractivity contribution in [3.8, 4) is 0 Å². The fourth-order valence-corrected chi connectivity index (χ4v) is 3.14. The SMILES string of the molecule is Cc1nn(C[C@@H](C)C(=O)NNC(=O)c2nn(C)cc2I)c(C)c1[N+](=O)[O-]. The van der Waals surface area contributed by atoms with Crippen LogP contribution in [0.15, 0.2) is 6.20 Å². The molecule has 2 heterocycles. The van der Waals surface area contributed by atoms with E-state index in [4.69, 9.17) is 0 Å². The quantitative estimate of drug-likeness (QED) is 0.374. The van der Waals surface area contributed by atoms with Gasteiger partial charge in [0.15, 0.2) is 5.69 Å². The average molecular weight is 475 g/mol. The lowest BCUT2D eigenvalue weighted by atomic mass is 10.1. The first-order valence-electron chi connectivity index (χ1n) is 7.59. The van der Waals surface area contributed by atoms with Crippen molar-refractivity contribution in [2.24, 2.45) is 13.0 Å². The summed E-state index contributed by atoms with van der Waals surface area (Å²) in [5.41, 5.74) is 5.46. The molecule has 0 radical (unpaired) electrons. The molecule has 0 aliphatic rings. The molecular formula is C14H18IN7O4. The molecule has 2 N–H and O–H groups in total. The van der Waals surface area contributed by atoms with Crippen LogP contribution in [0, 0.1) is 33.4 Å². The van der Waals surface area contributed by atoms with Gasteiger partial charge in [0.1, 0.15) is 11.4 Å². The average Bonchev–Trinajstić information content (AvgIpc) is 3.02. The molecule has 0 saturated carbocycles. The van der Waals surface area contributed by atoms with Gasteiger partial charge in [-0.2, -0.15) is 10.2 Å². The summed E-state index contributed by atoms with van der Waals surface area (Å²) in [4.78, 5) is 34.8. The summed E-state index contributed by atoms with van der Waals surface area (Å²) in [5.74, 6) is -1.55. The Labute approximate surface area is 162 Å². The normalized spacial score (nSPS) is 11.9. The molecule has 2 aromatic rings. The van der Waals surface area contributed by atoms with Gasteiger partial charge in [-0.25, -0.2) is 0 Å². The van der Waals surface area contributed by atoms with Crippen LogP contribution in [0.3, 0.4) is 0 Å². The monoisotopic (exact) mass is 475 g/mol. The molecule has 2 rings (SSSR count). The maximum Gasteiger partial charge on any atom is 0.312 e. The fourth-order valence-electron chi connectivity index (χ4n) is 2.39. The Hall–Kier alpha value is -2.51. The summed E-state index contributed by atoms with van der Waals surface area (Å²) in [7, 11) is 1.69. The van der Waals surface area contributed by atoms with Crippen LogP contribution in [-0.4, -0.2) is 36.3 Å². The van der Waals surface area contributed by atoms with E-state index in [1.165, 1.54) is 9.36 Å². The van der Waals surface area contributed by atoms with Gasteiger partial charge in [0.05, 0.1) is 21.0 Å². The smallest absolute Gasteiger partial charge is 0.274 e. The number of hydrazine groups is 1. The number of hydrogen-bond acceptors (Lipinski definition) is 6. The molecule has 11 nitrogen and oxygen atoms in total. The molecule has 2 aromatic heterocycles. The summed E-state index contributed by atoms with van der Waals surface area (Å²) in [6.45, 7) is 4.90. The number of nitro groups is 1. The number of aromatic nitrogens is 4. The molecule has 0 aliphatic carbocycles. The number of amides is 2. The molecule has 140 valence electrons. The van der Waals surface area contributed by atoms with Crippen LogP contribution in [0.25, 0.3) is 0 Å². The number of rotatable bonds is 5. The Morgan fingerprint density at radius 2 is 2.00 bits per heavy atom. The van der Waals surface area contributed by atoms with Crippen molar-refractivity contribution in [2.45, 2.75) is 27.3 Å². The van der Waals surface area contributed by atoms with Crippen molar-refractivity contribution in [3.63, 3.8) is 0 Å². The number of aryl methyl sites for hydroxylation is 2. The molecule has 2 amide bonds. The summed E-state index contributed by atoms with van der Waals surface area (Å²) >= 11 is 1.97. The minimum Gasteiger partial charge on any atom is -0.274 e. The zero-order valence-electron chi connectivity index (χ0n) is 14.6. The van der Waals surface area contributed by atoms with Crippen LogP contribution >= 0.6 is 22.6 Å². The van der Waals surface area contributed by atoms with Gasteiger partial charge in [0, 0.05) is 13.2 Å². The molecule has 0 spiro atoms. The van der Waals surface area contributed by atoms with E-state index in [-0.39, 0.29) is 23.6 Å². The van der Waals surface area contributed by atoms with E-state index >= 15 is 0 Å². The lowest BCUT2D eigenvalue weighted by Gasteiger charge is -2.13. The highest BCUT2D eigenvalue weighted by molar-refractivity contribution is 14.1. The van der Waals surface area contributed by atoms with Gasteiger partial charge in [0.25, 0.3) is 5.91 Å². The Kier molecular flexibility index (Phi) is 5.94. The third kappa shape index (κ3) is 4.17. The molecule has 1 atom stereocenters. The van der Waals surface area contributed by atoms with E-state index < -0.39 is 22.7 Å². The molecule has 0 saturated heterocycles. The van der Waals surface area contributed by atoms with Crippen LogP contribution in [0.1, 0.15) is 28.8 Å². The van der Waals surface area contributed by atoms with E-state index in [0.717, 1.165) is 0 Å². The van der Waals surface area contributed by atoms with Gasteiger partial charge in [-0.3, -0.25) is 39.9 Å². The minimum atomic E-state index is -0.573. The molecular weight excluding hydrogens is 457 g/mol. The van der Waals surface area contributed by atoms with Gasteiger partial charge in [-0.1, -0.05) is 6.92 Å². The zero-order valence-corrected chi connectivity index (χ0v) is 16.8. The van der Waals surface area contributed by atoms with E-state index in [9.17, 15) is 19.7 Å². The maximum absolute atomic E-state index is 12.2. The molecule has 12 heteroatoms. The molecule has 0 aliphatic heterocycles. The van der Waals surface area contributed by atoms with E-state index in [1.54, 1.807) is 34.0 Å². The summed E-state index contributed by atoms with van der Waals surface area (Å²) in [6, 6.07) is 0. The number of halogens is 1. The highest BCUT2D eigenvalue weighted by Gasteiger charge is 2.24. The van der Waals surface area contributed by atoms with Crippen molar-refractivity contribution in [2.75, 3.05) is 0 Å². The van der Waals surface area contributed by atoms with Gasteiger partial charge in [-0.05, 0) is 36.4 Å². The number of hydrogen-bond donors (Lipinski definition) is 2. The fraction of sp³-hybridized carbons (Fsp3) is 0.429. The van der Waals surface area contributed by atoms with Gasteiger partial charge < -0.3 is 0 Å². The Morgan fingerprint density at radius 1 is 1.35 bits per heavy atom. The minimum absolute atomic E-state index is 0.0596. The highest BCUT2D eigenvalue weighted by atomic mass is 127. The Morgan fingerprint density at radius 3 is 2.50 bits per heavy atom. The van der Waals surface area contributed by atoms with Gasteiger partial charge >= 0.3 is 5.69 Å². The molecule has 0 fully saturated rings. The second-order valence-electron chi connectivity index (χ2n) is 5.80. The Balaban J connectivity index is 1.98. The van der Waals surface area contributed by atoms with Gasteiger partial charge in [0.2, 0.25) is 5.91 Å². The number of carbonyl (C=O) groups is 2. The summed E-state index contributed by atoms with van der Waals surface area (Å²) in [5, 5.41) is 19.1. The zero-order chi connectivity index (χ0) is 19.6. The van der Waals surface area contributed by atoms with Crippen LogP contribution < -0.4 is 10.9 Å². The van der Waals surface area contributed by atoms with E-state index in [1.807, 2.05) is 22.6 Å². The van der Waals surface area contributed by atoms with Crippen molar-refractivity contribution in [1.29, 1.82) is 0 Å². The summed E-state index contributed by atoms with van der Waals surface area (Å²) < 4.78 is 3.57. The standard InChI is InChI=1S/C14H18IN7O4/c1-7(5-21-9(3)12(22(25)26)8(2)18-21)13(23)16-17-14(24)11-10(15)6-20(4)19-11/h6-7H,5H2,1-4H3,(H,16,23)(H,17,24)/t7-/m1/s1. The van der Waals surface area contributed by atoms with Crippen molar-refractivity contribution >= 4 is 40.1 Å². The number of nitrogens with zero attached hydrogens (tertiary/aromatic N) is 5. The summed E-state index contributed by atoms with van der Waals surface area (Å²) in [6.07, 6.45) is 1.68.